The summed E-state index contributed by atoms with van der Waals surface area (Å²) < 4.78 is 53.2. The zero-order valence-electron chi connectivity index (χ0n) is 30.6. The number of hydrogen-bond donors (Lipinski definition) is 1. The Morgan fingerprint density at radius 1 is 1.13 bits per heavy atom. The average Bonchev–Trinajstić information content (AvgIpc) is 3.96. The Hall–Kier alpha value is -4.40. The highest BCUT2D eigenvalue weighted by Crippen LogP contribution is 2.57. The van der Waals surface area contributed by atoms with Crippen LogP contribution in [0.3, 0.4) is 0 Å². The molecule has 2 heterocycles. The smallest absolute Gasteiger partial charge is 0.410 e. The summed E-state index contributed by atoms with van der Waals surface area (Å²) >= 11 is 0. The number of nitrogens with zero attached hydrogens (tertiary/aromatic N) is 2. The van der Waals surface area contributed by atoms with Gasteiger partial charge in [-0.1, -0.05) is 24.3 Å². The van der Waals surface area contributed by atoms with Gasteiger partial charge in [-0.2, -0.15) is 0 Å². The molecular weight excluding hydrogens is 709 g/mol. The van der Waals surface area contributed by atoms with Crippen LogP contribution in [0.5, 0.6) is 0 Å². The van der Waals surface area contributed by atoms with E-state index in [4.69, 9.17) is 9.47 Å². The zero-order valence-corrected chi connectivity index (χ0v) is 31.4. The number of halogens is 1. The van der Waals surface area contributed by atoms with E-state index < -0.39 is 92.2 Å². The van der Waals surface area contributed by atoms with Crippen LogP contribution in [-0.4, -0.2) is 83.2 Å². The van der Waals surface area contributed by atoms with Crippen LogP contribution in [0.15, 0.2) is 43.0 Å². The molecule has 0 spiro atoms. The highest BCUT2D eigenvalue weighted by Gasteiger charge is 2.61. The summed E-state index contributed by atoms with van der Waals surface area (Å²) in [5.74, 6) is -4.98. The van der Waals surface area contributed by atoms with Crippen molar-refractivity contribution in [1.29, 1.82) is 0 Å². The Kier molecular flexibility index (Phi) is 11.7. The van der Waals surface area contributed by atoms with Crippen molar-refractivity contribution in [3.8, 4) is 0 Å². The monoisotopic (exact) mass is 757 g/mol. The van der Waals surface area contributed by atoms with Gasteiger partial charge >= 0.3 is 12.1 Å². The summed E-state index contributed by atoms with van der Waals surface area (Å²) in [7, 11) is -3.92. The van der Waals surface area contributed by atoms with Gasteiger partial charge in [0.05, 0.1) is 36.2 Å². The van der Waals surface area contributed by atoms with Crippen molar-refractivity contribution >= 4 is 45.5 Å². The van der Waals surface area contributed by atoms with E-state index >= 15 is 0 Å². The van der Waals surface area contributed by atoms with E-state index in [1.54, 1.807) is 45.9 Å². The fourth-order valence-corrected chi connectivity index (χ4v) is 8.57. The van der Waals surface area contributed by atoms with Gasteiger partial charge in [-0.3, -0.25) is 33.6 Å². The molecule has 288 valence electrons. The van der Waals surface area contributed by atoms with E-state index in [1.165, 1.54) is 28.0 Å². The number of hydrogen-bond acceptors (Lipinski definition) is 10. The molecule has 4 aliphatic rings. The minimum Gasteiger partial charge on any atom is -0.460 e. The lowest BCUT2D eigenvalue weighted by Crippen LogP contribution is -2.46. The van der Waals surface area contributed by atoms with Gasteiger partial charge in [0.1, 0.15) is 17.5 Å². The number of fused-ring (bicyclic) bond motifs is 1. The lowest BCUT2D eigenvalue weighted by atomic mass is 9.90. The highest BCUT2D eigenvalue weighted by molar-refractivity contribution is 7.90. The van der Waals surface area contributed by atoms with Gasteiger partial charge in [-0.05, 0) is 77.0 Å². The van der Waals surface area contributed by atoms with Crippen LogP contribution in [-0.2, 0) is 56.6 Å². The van der Waals surface area contributed by atoms with Crippen LogP contribution in [0.4, 0.5) is 9.18 Å². The molecule has 5 rings (SSSR count). The molecular formula is C38H48FN3O10S. The third-order valence-electron chi connectivity index (χ3n) is 10.2. The van der Waals surface area contributed by atoms with E-state index in [-0.39, 0.29) is 57.5 Å². The molecule has 53 heavy (non-hydrogen) atoms. The van der Waals surface area contributed by atoms with E-state index in [1.807, 2.05) is 0 Å². The number of ether oxygens (including phenoxy) is 2. The van der Waals surface area contributed by atoms with Crippen molar-refractivity contribution in [2.45, 2.75) is 115 Å². The minimum atomic E-state index is -3.92. The number of allylic oxidation sites excluding steroid dienone is 3. The molecule has 1 N–H and O–H groups in total. The largest absolute Gasteiger partial charge is 0.460 e. The highest BCUT2D eigenvalue weighted by atomic mass is 32.2. The first kappa shape index (κ1) is 39.8. The lowest BCUT2D eigenvalue weighted by Gasteiger charge is -2.29. The summed E-state index contributed by atoms with van der Waals surface area (Å²) in [5, 5.41) is -0.667. The molecule has 2 aliphatic heterocycles. The van der Waals surface area contributed by atoms with Gasteiger partial charge in [0.15, 0.2) is 11.6 Å². The zero-order chi connectivity index (χ0) is 38.9. The minimum absolute atomic E-state index is 0.0267. The number of esters is 1. The Morgan fingerprint density at radius 2 is 1.85 bits per heavy atom. The van der Waals surface area contributed by atoms with Crippen LogP contribution in [0, 0.1) is 23.1 Å². The summed E-state index contributed by atoms with van der Waals surface area (Å²) in [4.78, 5) is 83.4. The second kappa shape index (κ2) is 15.5. The van der Waals surface area contributed by atoms with Crippen LogP contribution < -0.4 is 4.72 Å². The van der Waals surface area contributed by atoms with Crippen molar-refractivity contribution in [3.05, 3.63) is 60.0 Å². The molecule has 2 saturated carbocycles. The number of Topliss-reactive ketones (excluding diaryl/α,β-unsaturated/α-hetero) is 1. The van der Waals surface area contributed by atoms with Gasteiger partial charge in [0, 0.05) is 37.3 Å². The molecule has 3 amide bonds. The average molecular weight is 758 g/mol. The topological polar surface area (TPSA) is 174 Å². The first-order valence-electron chi connectivity index (χ1n) is 18.0. The third-order valence-corrected chi connectivity index (χ3v) is 12.0. The molecule has 1 saturated heterocycles. The number of carbonyl (C=O) groups is 6. The van der Waals surface area contributed by atoms with E-state index in [9.17, 15) is 41.6 Å². The van der Waals surface area contributed by atoms with Crippen molar-refractivity contribution in [1.82, 2.24) is 14.5 Å². The van der Waals surface area contributed by atoms with Gasteiger partial charge in [0.2, 0.25) is 21.8 Å². The molecule has 0 bridgehead atoms. The lowest BCUT2D eigenvalue weighted by molar-refractivity contribution is -0.159. The van der Waals surface area contributed by atoms with E-state index in [2.05, 4.69) is 11.3 Å². The fourth-order valence-electron chi connectivity index (χ4n) is 7.18. The SMILES string of the molecule is C=C[C@@H]1C[C@]1(CC(=O)[C@@H]1C[C@@H](OC(=O)N2Cc3cccc(F)c3C2)CN1C(=O)[C@H](CCC(=O)/C=C/C)CC(=O)OC(C)(C)C)C(=O)NS(=O)(=O)C1CC1. The number of carbonyl (C=O) groups excluding carboxylic acids is 6. The normalized spacial score (nSPS) is 24.4. The second-order valence-corrected chi connectivity index (χ2v) is 17.5. The molecule has 1 aromatic carbocycles. The van der Waals surface area contributed by atoms with Crippen LogP contribution in [0.1, 0.15) is 90.2 Å². The molecule has 0 aromatic heterocycles. The number of ketones is 2. The molecule has 1 aromatic rings. The maximum absolute atomic E-state index is 14.4. The van der Waals surface area contributed by atoms with Gasteiger partial charge in [-0.15, -0.1) is 6.58 Å². The van der Waals surface area contributed by atoms with Crippen molar-refractivity contribution in [3.63, 3.8) is 0 Å². The third kappa shape index (κ3) is 9.40. The molecule has 0 unspecified atom stereocenters. The van der Waals surface area contributed by atoms with E-state index in [0.29, 0.717) is 24.0 Å². The Bertz CT molecular complexity index is 1820. The Labute approximate surface area is 309 Å². The number of sulfonamides is 1. The maximum atomic E-state index is 14.4. The van der Waals surface area contributed by atoms with Gasteiger partial charge in [0.25, 0.3) is 0 Å². The number of benzene rings is 1. The number of amides is 3. The quantitative estimate of drug-likeness (QED) is 0.155. The number of nitrogens with one attached hydrogen (secondary N) is 1. The predicted octanol–water partition coefficient (Wildman–Crippen LogP) is 4.28. The molecule has 5 atom stereocenters. The maximum Gasteiger partial charge on any atom is 0.410 e. The Morgan fingerprint density at radius 3 is 2.45 bits per heavy atom. The number of rotatable bonds is 15. The van der Waals surface area contributed by atoms with E-state index in [0.717, 1.165) is 0 Å². The first-order valence-corrected chi connectivity index (χ1v) is 19.5. The standard InChI is InChI=1S/C38H48FN3O10S/c1-6-9-26(43)13-12-23(16-33(45)52-37(3,4)5)34(46)42-21-27(51-36(48)41-20-24-10-8-11-30(39)29(24)22-41)17-31(42)32(44)19-38(18-25(38)7-2)35(47)40-53(49,50)28-14-15-28/h6-11,23,25,27-28,31H,2,12-22H2,1,3-5H3,(H,40,47)/b9-6+/t23-,25-,27-,31+,38-/m1/s1. The molecule has 15 heteroatoms. The van der Waals surface area contributed by atoms with Gasteiger partial charge < -0.3 is 14.4 Å². The van der Waals surface area contributed by atoms with Crippen LogP contribution in [0.25, 0.3) is 0 Å². The van der Waals surface area contributed by atoms with Crippen molar-refractivity contribution in [2.24, 2.45) is 17.3 Å². The van der Waals surface area contributed by atoms with Gasteiger partial charge in [-0.25, -0.2) is 17.6 Å². The van der Waals surface area contributed by atoms with Crippen molar-refractivity contribution in [2.75, 3.05) is 6.54 Å². The van der Waals surface area contributed by atoms with Crippen LogP contribution in [0.2, 0.25) is 0 Å². The predicted molar refractivity (Wildman–Crippen MR) is 189 cm³/mol. The summed E-state index contributed by atoms with van der Waals surface area (Å²) in [6, 6.07) is 3.34. The fraction of sp³-hybridized carbons (Fsp3) is 0.579. The molecule has 13 nitrogen and oxygen atoms in total. The van der Waals surface area contributed by atoms with Crippen molar-refractivity contribution < 1.29 is 51.0 Å². The van der Waals surface area contributed by atoms with Crippen LogP contribution >= 0.6 is 0 Å². The molecule has 2 aliphatic carbocycles. The second-order valence-electron chi connectivity index (χ2n) is 15.5. The molecule has 3 fully saturated rings. The molecule has 0 radical (unpaired) electrons. The first-order chi connectivity index (χ1) is 24.9. The summed E-state index contributed by atoms with van der Waals surface area (Å²) in [6.45, 7) is 10.3. The Balaban J connectivity index is 1.39. The number of likely N-dealkylation sites (tertiary alicyclic amines) is 1. The summed E-state index contributed by atoms with van der Waals surface area (Å²) in [6.07, 6.45) is 2.64. The summed E-state index contributed by atoms with van der Waals surface area (Å²) in [5.41, 5.74) is -1.26.